The molecule has 0 atom stereocenters. The molecular weight excluding hydrogens is 386 g/mol. The average molecular weight is 410 g/mol. The lowest BCUT2D eigenvalue weighted by atomic mass is 10.3. The van der Waals surface area contributed by atoms with Gasteiger partial charge in [0.15, 0.2) is 10.3 Å². The van der Waals surface area contributed by atoms with E-state index >= 15 is 0 Å². The van der Waals surface area contributed by atoms with E-state index in [9.17, 15) is 0 Å². The van der Waals surface area contributed by atoms with Crippen molar-refractivity contribution in [3.8, 4) is 0 Å². The van der Waals surface area contributed by atoms with Gasteiger partial charge in [0.25, 0.3) is 0 Å². The van der Waals surface area contributed by atoms with Crippen LogP contribution in [0.1, 0.15) is 19.8 Å². The Bertz CT molecular complexity index is 940. The van der Waals surface area contributed by atoms with E-state index < -0.39 is 0 Å². The third kappa shape index (κ3) is 3.45. The van der Waals surface area contributed by atoms with Gasteiger partial charge >= 0.3 is 0 Å². The highest BCUT2D eigenvalue weighted by molar-refractivity contribution is 7.22. The molecule has 144 valence electrons. The number of hydrogen-bond donors (Lipinski definition) is 0. The zero-order valence-corrected chi connectivity index (χ0v) is 17.5. The summed E-state index contributed by atoms with van der Waals surface area (Å²) in [4.78, 5) is 17.1. The van der Waals surface area contributed by atoms with Crippen LogP contribution in [0.15, 0.2) is 48.5 Å². The van der Waals surface area contributed by atoms with Crippen molar-refractivity contribution in [2.45, 2.75) is 19.8 Å². The van der Waals surface area contributed by atoms with Crippen molar-refractivity contribution in [3.05, 3.63) is 48.5 Å². The molecule has 28 heavy (non-hydrogen) atoms. The number of benzene rings is 2. The Morgan fingerprint density at radius 2 is 1.32 bits per heavy atom. The van der Waals surface area contributed by atoms with Gasteiger partial charge in [0, 0.05) is 6.54 Å². The summed E-state index contributed by atoms with van der Waals surface area (Å²) >= 11 is 3.55. The van der Waals surface area contributed by atoms with Crippen LogP contribution in [0, 0.1) is 0 Å². The minimum absolute atomic E-state index is 0.822. The fourth-order valence-electron chi connectivity index (χ4n) is 3.58. The van der Waals surface area contributed by atoms with E-state index in [2.05, 4.69) is 70.2 Å². The Morgan fingerprint density at radius 3 is 1.82 bits per heavy atom. The second kappa shape index (κ2) is 7.66. The van der Waals surface area contributed by atoms with Crippen molar-refractivity contribution >= 4 is 53.4 Å². The number of thiazole rings is 2. The highest BCUT2D eigenvalue weighted by Crippen LogP contribution is 2.33. The van der Waals surface area contributed by atoms with Crippen molar-refractivity contribution in [2.24, 2.45) is 0 Å². The Hall–Kier alpha value is -2.22. The first kappa shape index (κ1) is 17.8. The Kier molecular flexibility index (Phi) is 4.88. The minimum Gasteiger partial charge on any atom is -0.317 e. The molecule has 2 aromatic heterocycles. The van der Waals surface area contributed by atoms with Gasteiger partial charge in [-0.3, -0.25) is 4.90 Å². The largest absolute Gasteiger partial charge is 0.317 e. The van der Waals surface area contributed by atoms with E-state index in [1.54, 1.807) is 22.7 Å². The topological polar surface area (TPSA) is 35.5 Å². The molecule has 0 bridgehead atoms. The van der Waals surface area contributed by atoms with Crippen LogP contribution in [-0.2, 0) is 0 Å². The molecule has 2 aromatic carbocycles. The molecule has 0 aliphatic carbocycles. The van der Waals surface area contributed by atoms with Gasteiger partial charge < -0.3 is 9.80 Å². The first-order chi connectivity index (χ1) is 13.8. The van der Waals surface area contributed by atoms with Gasteiger partial charge in [-0.1, -0.05) is 60.3 Å². The molecule has 0 spiro atoms. The standard InChI is InChI=1S/C21H23N5S2/c1-2-3-12-24-13-25(20-22-16-8-4-6-10-18(16)27-20)15-26(14-24)21-23-17-9-5-7-11-19(17)28-21/h4-11H,2-3,12-15H2,1H3. The molecular formula is C21H23N5S2. The van der Waals surface area contributed by atoms with Crippen molar-refractivity contribution in [1.29, 1.82) is 0 Å². The summed E-state index contributed by atoms with van der Waals surface area (Å²) in [6.45, 7) is 6.00. The number of anilines is 2. The van der Waals surface area contributed by atoms with Crippen LogP contribution in [0.3, 0.4) is 0 Å². The molecule has 0 N–H and O–H groups in total. The molecule has 5 nitrogen and oxygen atoms in total. The molecule has 5 rings (SSSR count). The van der Waals surface area contributed by atoms with Gasteiger partial charge in [-0.15, -0.1) is 0 Å². The van der Waals surface area contributed by atoms with E-state index in [4.69, 9.17) is 9.97 Å². The first-order valence-corrected chi connectivity index (χ1v) is 11.4. The molecule has 1 aliphatic rings. The number of hydrogen-bond acceptors (Lipinski definition) is 7. The van der Waals surface area contributed by atoms with Crippen LogP contribution in [0.4, 0.5) is 10.3 Å². The normalized spacial score (nSPS) is 15.8. The maximum Gasteiger partial charge on any atom is 0.188 e. The SMILES string of the molecule is CCCCN1CN(c2nc3ccccc3s2)CN(c2nc3ccccc3s2)C1. The van der Waals surface area contributed by atoms with Gasteiger partial charge in [0.2, 0.25) is 0 Å². The molecule has 0 saturated carbocycles. The second-order valence-electron chi connectivity index (χ2n) is 7.18. The quantitative estimate of drug-likeness (QED) is 0.452. The Morgan fingerprint density at radius 1 is 0.786 bits per heavy atom. The lowest BCUT2D eigenvalue weighted by Gasteiger charge is -2.42. The number of unbranched alkanes of at least 4 members (excludes halogenated alkanes) is 1. The fraction of sp³-hybridized carbons (Fsp3) is 0.333. The van der Waals surface area contributed by atoms with E-state index in [1.165, 1.54) is 22.2 Å². The summed E-state index contributed by atoms with van der Waals surface area (Å²) < 4.78 is 2.49. The highest BCUT2D eigenvalue weighted by atomic mass is 32.1. The van der Waals surface area contributed by atoms with Crippen LogP contribution in [-0.4, -0.2) is 41.4 Å². The van der Waals surface area contributed by atoms with Crippen LogP contribution >= 0.6 is 22.7 Å². The van der Waals surface area contributed by atoms with Crippen LogP contribution in [0.5, 0.6) is 0 Å². The molecule has 3 heterocycles. The lowest BCUT2D eigenvalue weighted by molar-refractivity contribution is 0.238. The number of rotatable bonds is 5. The number of aromatic nitrogens is 2. The first-order valence-electron chi connectivity index (χ1n) is 9.73. The number of fused-ring (bicyclic) bond motifs is 2. The van der Waals surface area contributed by atoms with Crippen LogP contribution in [0.25, 0.3) is 20.4 Å². The third-order valence-electron chi connectivity index (χ3n) is 5.02. The smallest absolute Gasteiger partial charge is 0.188 e. The van der Waals surface area contributed by atoms with Gasteiger partial charge in [-0.25, -0.2) is 9.97 Å². The maximum absolute atomic E-state index is 4.90. The van der Waals surface area contributed by atoms with Crippen molar-refractivity contribution < 1.29 is 0 Å². The van der Waals surface area contributed by atoms with Crippen LogP contribution < -0.4 is 9.80 Å². The van der Waals surface area contributed by atoms with Crippen molar-refractivity contribution in [1.82, 2.24) is 14.9 Å². The van der Waals surface area contributed by atoms with E-state index in [0.29, 0.717) is 0 Å². The second-order valence-corrected chi connectivity index (χ2v) is 9.20. The zero-order chi connectivity index (χ0) is 18.9. The van der Waals surface area contributed by atoms with Crippen molar-refractivity contribution in [2.75, 3.05) is 36.4 Å². The molecule has 1 aliphatic heterocycles. The Labute approximate surface area is 172 Å². The average Bonchev–Trinajstić information content (AvgIpc) is 3.36. The molecule has 0 radical (unpaired) electrons. The van der Waals surface area contributed by atoms with Gasteiger partial charge in [-0.05, 0) is 30.7 Å². The zero-order valence-electron chi connectivity index (χ0n) is 15.9. The van der Waals surface area contributed by atoms with Crippen molar-refractivity contribution in [3.63, 3.8) is 0 Å². The monoisotopic (exact) mass is 409 g/mol. The molecule has 0 unspecified atom stereocenters. The summed E-state index contributed by atoms with van der Waals surface area (Å²) in [5.74, 6) is 0. The molecule has 1 saturated heterocycles. The van der Waals surface area contributed by atoms with Gasteiger partial charge in [0.1, 0.15) is 0 Å². The summed E-state index contributed by atoms with van der Waals surface area (Å²) in [6.07, 6.45) is 2.42. The van der Waals surface area contributed by atoms with E-state index in [0.717, 1.165) is 47.8 Å². The van der Waals surface area contributed by atoms with E-state index in [1.807, 2.05) is 0 Å². The number of nitrogens with zero attached hydrogens (tertiary/aromatic N) is 5. The predicted molar refractivity (Wildman–Crippen MR) is 120 cm³/mol. The molecule has 4 aromatic rings. The molecule has 0 amide bonds. The lowest BCUT2D eigenvalue weighted by Crippen LogP contribution is -2.55. The molecule has 7 heteroatoms. The van der Waals surface area contributed by atoms with Gasteiger partial charge in [-0.2, -0.15) is 0 Å². The maximum atomic E-state index is 4.90. The highest BCUT2D eigenvalue weighted by Gasteiger charge is 2.27. The van der Waals surface area contributed by atoms with Gasteiger partial charge in [0.05, 0.1) is 40.4 Å². The number of para-hydroxylation sites is 2. The van der Waals surface area contributed by atoms with Crippen LogP contribution in [0.2, 0.25) is 0 Å². The summed E-state index contributed by atoms with van der Waals surface area (Å²) in [6, 6.07) is 16.8. The minimum atomic E-state index is 0.822. The summed E-state index contributed by atoms with van der Waals surface area (Å²) in [5, 5.41) is 2.18. The third-order valence-corrected chi connectivity index (χ3v) is 7.21. The summed E-state index contributed by atoms with van der Waals surface area (Å²) in [5.41, 5.74) is 2.17. The fourth-order valence-corrected chi connectivity index (χ4v) is 5.48. The molecule has 1 fully saturated rings. The predicted octanol–water partition coefficient (Wildman–Crippen LogP) is 5.21. The summed E-state index contributed by atoms with van der Waals surface area (Å²) in [7, 11) is 0. The van der Waals surface area contributed by atoms with E-state index in [-0.39, 0.29) is 0 Å². The Balaban J connectivity index is 1.46.